The highest BCUT2D eigenvalue weighted by molar-refractivity contribution is 6.25. The first-order valence-corrected chi connectivity index (χ1v) is 21.9. The van der Waals surface area contributed by atoms with E-state index in [1.807, 2.05) is 0 Å². The average molecular weight is 805 g/mol. The van der Waals surface area contributed by atoms with E-state index in [1.165, 1.54) is 88.2 Å². The summed E-state index contributed by atoms with van der Waals surface area (Å²) in [4.78, 5) is 2.42. The van der Waals surface area contributed by atoms with Crippen molar-refractivity contribution in [2.24, 2.45) is 0 Å². The predicted octanol–water partition coefficient (Wildman–Crippen LogP) is 16.7. The van der Waals surface area contributed by atoms with E-state index in [9.17, 15) is 0 Å². The molecule has 0 aliphatic heterocycles. The molecular formula is C61H44N2. The van der Waals surface area contributed by atoms with Crippen molar-refractivity contribution in [1.82, 2.24) is 4.57 Å². The lowest BCUT2D eigenvalue weighted by Crippen LogP contribution is -2.16. The van der Waals surface area contributed by atoms with E-state index in [0.29, 0.717) is 0 Å². The summed E-state index contributed by atoms with van der Waals surface area (Å²) in [5, 5.41) is 5.03. The van der Waals surface area contributed by atoms with Gasteiger partial charge in [-0.05, 0) is 127 Å². The minimum atomic E-state index is -0.116. The molecule has 63 heavy (non-hydrogen) atoms. The highest BCUT2D eigenvalue weighted by Gasteiger charge is 2.35. The van der Waals surface area contributed by atoms with Gasteiger partial charge in [0.05, 0.1) is 11.0 Å². The normalized spacial score (nSPS) is 12.7. The van der Waals surface area contributed by atoms with Crippen LogP contribution in [-0.4, -0.2) is 4.57 Å². The lowest BCUT2D eigenvalue weighted by atomic mass is 9.82. The summed E-state index contributed by atoms with van der Waals surface area (Å²) in [6, 6.07) is 84.6. The van der Waals surface area contributed by atoms with E-state index < -0.39 is 0 Å². The van der Waals surface area contributed by atoms with Crippen molar-refractivity contribution in [3.63, 3.8) is 0 Å². The molecule has 0 amide bonds. The maximum Gasteiger partial charge on any atom is 0.0547 e. The smallest absolute Gasteiger partial charge is 0.0547 e. The van der Waals surface area contributed by atoms with Crippen LogP contribution in [0.5, 0.6) is 0 Å². The van der Waals surface area contributed by atoms with Crippen molar-refractivity contribution in [1.29, 1.82) is 0 Å². The van der Waals surface area contributed by atoms with Gasteiger partial charge in [-0.1, -0.05) is 184 Å². The molecular weight excluding hydrogens is 761 g/mol. The van der Waals surface area contributed by atoms with Crippen LogP contribution in [0.4, 0.5) is 17.1 Å². The van der Waals surface area contributed by atoms with Crippen molar-refractivity contribution in [2.75, 3.05) is 4.90 Å². The van der Waals surface area contributed by atoms with Crippen molar-refractivity contribution in [3.8, 4) is 50.2 Å². The van der Waals surface area contributed by atoms with Gasteiger partial charge < -0.3 is 9.47 Å². The number of para-hydroxylation sites is 1. The summed E-state index contributed by atoms with van der Waals surface area (Å²) >= 11 is 0. The van der Waals surface area contributed by atoms with Gasteiger partial charge in [0, 0.05) is 38.9 Å². The molecule has 1 heterocycles. The van der Waals surface area contributed by atoms with Gasteiger partial charge in [0.25, 0.3) is 0 Å². The van der Waals surface area contributed by atoms with Gasteiger partial charge in [-0.3, -0.25) is 0 Å². The first-order chi connectivity index (χ1) is 31.0. The fourth-order valence-corrected chi connectivity index (χ4v) is 10.3. The number of fused-ring (bicyclic) bond motifs is 8. The van der Waals surface area contributed by atoms with Gasteiger partial charge in [0.15, 0.2) is 0 Å². The zero-order valence-corrected chi connectivity index (χ0v) is 35.3. The van der Waals surface area contributed by atoms with E-state index in [0.717, 1.165) is 22.7 Å². The minimum Gasteiger partial charge on any atom is -0.310 e. The molecule has 0 N–H and O–H groups in total. The molecule has 0 unspecified atom stereocenters. The van der Waals surface area contributed by atoms with Gasteiger partial charge in [-0.25, -0.2) is 0 Å². The van der Waals surface area contributed by atoms with Crippen molar-refractivity contribution in [3.05, 3.63) is 242 Å². The molecule has 0 fully saturated rings. The number of anilines is 3. The molecule has 12 rings (SSSR count). The molecule has 0 bridgehead atoms. The standard InChI is InChI=1S/C61H44N2/c1-61(2)55-25-11-9-22-52(55)53-37-36-50(40-56(53)61)62(49-21-13-20-46(39-49)42-17-7-4-8-18-42)47-32-34-48(35-33-47)63-57-26-12-10-23-54(57)60-58(63)38-31-45-19-14-24-51(59(45)60)44-29-27-43(28-30-44)41-15-5-3-6-16-41/h3-40H,1-2H3. The SMILES string of the molecule is CC1(C)c2ccccc2-c2ccc(N(c3ccc(-n4c5ccccc5c5c6c(-c7ccc(-c8ccccc8)cc7)cccc6ccc54)cc3)c3cccc(-c4ccccc4)c3)cc21. The van der Waals surface area contributed by atoms with Crippen LogP contribution in [0.2, 0.25) is 0 Å². The monoisotopic (exact) mass is 804 g/mol. The van der Waals surface area contributed by atoms with Crippen molar-refractivity contribution >= 4 is 49.6 Å². The molecule has 298 valence electrons. The lowest BCUT2D eigenvalue weighted by Gasteiger charge is -2.28. The first-order valence-electron chi connectivity index (χ1n) is 21.9. The fraction of sp³-hybridized carbons (Fsp3) is 0.0492. The zero-order chi connectivity index (χ0) is 42.1. The van der Waals surface area contributed by atoms with Crippen LogP contribution < -0.4 is 4.90 Å². The maximum absolute atomic E-state index is 2.44. The second-order valence-electron chi connectivity index (χ2n) is 17.3. The minimum absolute atomic E-state index is 0.116. The third kappa shape index (κ3) is 6.02. The topological polar surface area (TPSA) is 8.17 Å². The van der Waals surface area contributed by atoms with E-state index >= 15 is 0 Å². The van der Waals surface area contributed by atoms with Crippen LogP contribution in [0.25, 0.3) is 82.8 Å². The molecule has 0 saturated carbocycles. The number of aromatic nitrogens is 1. The molecule has 10 aromatic carbocycles. The quantitative estimate of drug-likeness (QED) is 0.156. The Morgan fingerprint density at radius 3 is 1.73 bits per heavy atom. The van der Waals surface area contributed by atoms with E-state index in [4.69, 9.17) is 0 Å². The van der Waals surface area contributed by atoms with Crippen LogP contribution in [-0.2, 0) is 5.41 Å². The number of hydrogen-bond donors (Lipinski definition) is 0. The van der Waals surface area contributed by atoms with Crippen LogP contribution in [0.3, 0.4) is 0 Å². The first kappa shape index (κ1) is 36.9. The number of nitrogens with zero attached hydrogens (tertiary/aromatic N) is 2. The fourth-order valence-electron chi connectivity index (χ4n) is 10.3. The van der Waals surface area contributed by atoms with E-state index in [2.05, 4.69) is 254 Å². The third-order valence-electron chi connectivity index (χ3n) is 13.4. The Bertz CT molecular complexity index is 3500. The van der Waals surface area contributed by atoms with Gasteiger partial charge in [0.1, 0.15) is 0 Å². The highest BCUT2D eigenvalue weighted by atomic mass is 15.1. The second kappa shape index (κ2) is 14.6. The maximum atomic E-state index is 2.44. The number of hydrogen-bond acceptors (Lipinski definition) is 1. The molecule has 2 heteroatoms. The molecule has 0 spiro atoms. The van der Waals surface area contributed by atoms with Crippen LogP contribution in [0, 0.1) is 0 Å². The molecule has 2 nitrogen and oxygen atoms in total. The van der Waals surface area contributed by atoms with Gasteiger partial charge in [-0.2, -0.15) is 0 Å². The van der Waals surface area contributed by atoms with Crippen LogP contribution in [0.15, 0.2) is 231 Å². The van der Waals surface area contributed by atoms with Crippen molar-refractivity contribution < 1.29 is 0 Å². The number of rotatable bonds is 7. The lowest BCUT2D eigenvalue weighted by molar-refractivity contribution is 0.660. The Morgan fingerprint density at radius 1 is 0.349 bits per heavy atom. The Balaban J connectivity index is 1.00. The highest BCUT2D eigenvalue weighted by Crippen LogP contribution is 2.51. The Kier molecular flexibility index (Phi) is 8.55. The molecule has 1 aromatic heterocycles. The van der Waals surface area contributed by atoms with Crippen LogP contribution >= 0.6 is 0 Å². The summed E-state index contributed by atoms with van der Waals surface area (Å²) in [5.74, 6) is 0. The largest absolute Gasteiger partial charge is 0.310 e. The van der Waals surface area contributed by atoms with Crippen molar-refractivity contribution in [2.45, 2.75) is 19.3 Å². The molecule has 1 aliphatic rings. The summed E-state index contributed by atoms with van der Waals surface area (Å²) in [5.41, 5.74) is 19.4. The average Bonchev–Trinajstić information content (AvgIpc) is 3.80. The summed E-state index contributed by atoms with van der Waals surface area (Å²) in [6.45, 7) is 4.71. The molecule has 0 saturated heterocycles. The molecule has 11 aromatic rings. The van der Waals surface area contributed by atoms with Gasteiger partial charge >= 0.3 is 0 Å². The Labute approximate surface area is 368 Å². The second-order valence-corrected chi connectivity index (χ2v) is 17.3. The predicted molar refractivity (Wildman–Crippen MR) is 267 cm³/mol. The molecule has 1 aliphatic carbocycles. The Morgan fingerprint density at radius 2 is 0.937 bits per heavy atom. The van der Waals surface area contributed by atoms with E-state index in [-0.39, 0.29) is 5.41 Å². The Hall–Kier alpha value is -7.94. The third-order valence-corrected chi connectivity index (χ3v) is 13.4. The zero-order valence-electron chi connectivity index (χ0n) is 35.3. The molecule has 0 atom stereocenters. The van der Waals surface area contributed by atoms with Gasteiger partial charge in [0.2, 0.25) is 0 Å². The van der Waals surface area contributed by atoms with E-state index in [1.54, 1.807) is 0 Å². The summed E-state index contributed by atoms with van der Waals surface area (Å²) < 4.78 is 2.44. The molecule has 0 radical (unpaired) electrons. The number of benzene rings is 10. The van der Waals surface area contributed by atoms with Crippen LogP contribution in [0.1, 0.15) is 25.0 Å². The summed E-state index contributed by atoms with van der Waals surface area (Å²) in [7, 11) is 0. The van der Waals surface area contributed by atoms with Gasteiger partial charge in [-0.15, -0.1) is 0 Å². The summed E-state index contributed by atoms with van der Waals surface area (Å²) in [6.07, 6.45) is 0.